The number of benzene rings is 1. The van der Waals surface area contributed by atoms with Gasteiger partial charge < -0.3 is 17.7 Å². The number of hydrogen-bond acceptors (Lipinski definition) is 6. The van der Waals surface area contributed by atoms with E-state index in [2.05, 4.69) is 224 Å². The van der Waals surface area contributed by atoms with Gasteiger partial charge in [0.1, 0.15) is 27.2 Å². The predicted molar refractivity (Wildman–Crippen MR) is 330 cm³/mol. The number of fused-ring (bicyclic) bond motifs is 1. The third-order valence-corrected chi connectivity index (χ3v) is 44.9. The van der Waals surface area contributed by atoms with Gasteiger partial charge in [0.05, 0.1) is 37.6 Å². The zero-order valence-electron chi connectivity index (χ0n) is 50.9. The molecule has 12 heteroatoms. The van der Waals surface area contributed by atoms with Crippen molar-refractivity contribution in [1.29, 1.82) is 0 Å². The Bertz CT molecular complexity index is 2290. The Kier molecular flexibility index (Phi) is 23.6. The largest absolute Gasteiger partial charge is 0.412 e. The molecular weight excluding hydrogens is 981 g/mol. The van der Waals surface area contributed by atoms with Crippen molar-refractivity contribution in [2.45, 2.75) is 233 Å². The molecule has 2 aromatic rings. The van der Waals surface area contributed by atoms with Gasteiger partial charge in [-0.3, -0.25) is 9.97 Å². The molecule has 0 saturated carbocycles. The number of hydrogen-bond donors (Lipinski definition) is 0. The minimum absolute atomic E-state index is 0.0240. The van der Waals surface area contributed by atoms with Gasteiger partial charge in [-0.15, -0.1) is 11.1 Å². The van der Waals surface area contributed by atoms with Crippen LogP contribution >= 0.6 is 0 Å². The molecule has 1 aromatic carbocycles. The van der Waals surface area contributed by atoms with E-state index in [1.165, 1.54) is 0 Å². The average Bonchev–Trinajstić information content (AvgIpc) is 3.28. The molecule has 0 aliphatic rings. The molecule has 0 unspecified atom stereocenters. The maximum atomic E-state index is 6.99. The maximum Gasteiger partial charge on any atom is 0.192 e. The normalized spacial score (nSPS) is 14.2. The highest BCUT2D eigenvalue weighted by atomic mass is 28.4. The molecule has 6 nitrogen and oxygen atoms in total. The van der Waals surface area contributed by atoms with E-state index < -0.39 is 49.4 Å². The lowest BCUT2D eigenvalue weighted by Gasteiger charge is -2.37. The van der Waals surface area contributed by atoms with Crippen LogP contribution in [0.2, 0.25) is 109 Å². The summed E-state index contributed by atoms with van der Waals surface area (Å²) in [5, 5.41) is 0.132. The van der Waals surface area contributed by atoms with Crippen LogP contribution in [0.1, 0.15) is 136 Å². The molecule has 0 saturated heterocycles. The second-order valence-corrected chi connectivity index (χ2v) is 55.3. The van der Waals surface area contributed by atoms with Gasteiger partial charge in [-0.25, -0.2) is 0 Å². The van der Waals surface area contributed by atoms with Crippen molar-refractivity contribution >= 4 is 60.5 Å². The van der Waals surface area contributed by atoms with Crippen LogP contribution in [0.5, 0.6) is 0 Å². The molecule has 1 heterocycles. The Morgan fingerprint density at radius 3 is 0.819 bits per heavy atom. The lowest BCUT2D eigenvalue weighted by molar-refractivity contribution is 0.308. The second kappa shape index (κ2) is 26.0. The molecule has 0 spiro atoms. The lowest BCUT2D eigenvalue weighted by atomic mass is 10.1. The standard InChI is InChI=1S/C60H102N2O4Si6/c1-27-71(28-2,29-3)43-39-53(47-65-69(23,24)59(13,14)15)51(45-63-67(19,20)57(7,8)9)37-35-49-33-34-50(56-55(49)61-41-42-62-56)36-38-52(46-64-68(21,22)58(10,11)12)54(40-44-72(30-4,31-5)32-6)48-66-70(25,26)60(16,17)18/h33-34,41-42H,27-32,45-48H2,1-26H3/b53-51+,54-52+. The second-order valence-electron chi connectivity index (χ2n) is 26.2. The summed E-state index contributed by atoms with van der Waals surface area (Å²) in [4.78, 5) is 9.85. The fourth-order valence-electron chi connectivity index (χ4n) is 6.66. The monoisotopic (exact) mass is 1080 g/mol. The third-order valence-electron chi connectivity index (χ3n) is 17.6. The van der Waals surface area contributed by atoms with Gasteiger partial charge in [-0.2, -0.15) is 0 Å². The first-order valence-electron chi connectivity index (χ1n) is 27.2. The molecular formula is C60H102N2O4Si6. The van der Waals surface area contributed by atoms with Crippen LogP contribution in [-0.4, -0.2) is 85.8 Å². The Balaban J connectivity index is 3.15. The van der Waals surface area contributed by atoms with Gasteiger partial charge in [0.25, 0.3) is 0 Å². The lowest BCUT2D eigenvalue weighted by Crippen LogP contribution is -2.42. The highest BCUT2D eigenvalue weighted by Crippen LogP contribution is 2.40. The van der Waals surface area contributed by atoms with Crippen molar-refractivity contribution in [2.75, 3.05) is 26.4 Å². The first kappa shape index (κ1) is 65.5. The van der Waals surface area contributed by atoms with E-state index in [0.717, 1.165) is 69.7 Å². The molecule has 1 aromatic heterocycles. The number of aromatic nitrogens is 2. The molecule has 0 atom stereocenters. The molecule has 0 N–H and O–H groups in total. The Labute approximate surface area is 449 Å². The zero-order chi connectivity index (χ0) is 55.4. The number of nitrogens with zero attached hydrogens (tertiary/aromatic N) is 2. The van der Waals surface area contributed by atoms with Crippen LogP contribution in [0.3, 0.4) is 0 Å². The van der Waals surface area contributed by atoms with Crippen molar-refractivity contribution in [3.63, 3.8) is 0 Å². The van der Waals surface area contributed by atoms with Crippen molar-refractivity contribution in [2.24, 2.45) is 0 Å². The minimum atomic E-state index is -2.17. The van der Waals surface area contributed by atoms with Crippen LogP contribution < -0.4 is 0 Å². The summed E-state index contributed by atoms with van der Waals surface area (Å²) in [5.74, 6) is 22.0. The van der Waals surface area contributed by atoms with E-state index >= 15 is 0 Å². The topological polar surface area (TPSA) is 62.7 Å². The number of rotatable bonds is 18. The van der Waals surface area contributed by atoms with Gasteiger partial charge in [0.2, 0.25) is 0 Å². The summed E-state index contributed by atoms with van der Waals surface area (Å²) in [7, 11) is -12.3. The van der Waals surface area contributed by atoms with Crippen LogP contribution in [0.4, 0.5) is 0 Å². The van der Waals surface area contributed by atoms with E-state index in [9.17, 15) is 0 Å². The summed E-state index contributed by atoms with van der Waals surface area (Å²) >= 11 is 0. The van der Waals surface area contributed by atoms with E-state index in [-0.39, 0.29) is 20.2 Å². The van der Waals surface area contributed by atoms with Crippen LogP contribution in [0, 0.1) is 46.6 Å². The quantitative estimate of drug-likeness (QED) is 0.109. The SMILES string of the molecule is CC[Si](C#C/C(CO[Si](C)(C)C(C)(C)C)=C(/C#Cc1ccc(C#C/C(CO[Si](C)(C)C(C)(C)C)=C(/C#C[Si](CC)(CC)CC)CO[Si](C)(C)C(C)(C)C)c2nccnc12)CO[Si](C)(C)C(C)(C)C)(CC)CC. The van der Waals surface area contributed by atoms with Crippen LogP contribution in [-0.2, 0) is 17.7 Å². The van der Waals surface area contributed by atoms with Gasteiger partial charge >= 0.3 is 0 Å². The summed E-state index contributed by atoms with van der Waals surface area (Å²) in [6, 6.07) is 10.8. The molecule has 0 bridgehead atoms. The van der Waals surface area contributed by atoms with Gasteiger partial charge in [-0.1, -0.05) is 160 Å². The molecule has 0 amide bonds. The average molecular weight is 1080 g/mol. The van der Waals surface area contributed by atoms with E-state index in [1.807, 2.05) is 12.1 Å². The van der Waals surface area contributed by atoms with Crippen LogP contribution in [0.25, 0.3) is 11.0 Å². The van der Waals surface area contributed by atoms with E-state index in [0.29, 0.717) is 37.5 Å². The van der Waals surface area contributed by atoms with Gasteiger partial charge in [0, 0.05) is 34.7 Å². The Hall–Kier alpha value is -2.58. The molecule has 0 fully saturated rings. The first-order chi connectivity index (χ1) is 32.9. The van der Waals surface area contributed by atoms with Gasteiger partial charge in [0.15, 0.2) is 33.3 Å². The maximum absolute atomic E-state index is 6.99. The van der Waals surface area contributed by atoms with Crippen molar-refractivity contribution in [3.8, 4) is 46.6 Å². The summed E-state index contributed by atoms with van der Waals surface area (Å²) in [6.07, 6.45) is 3.48. The summed E-state index contributed by atoms with van der Waals surface area (Å²) in [6.45, 7) is 61.2. The molecule has 0 aliphatic carbocycles. The van der Waals surface area contributed by atoms with Gasteiger partial charge in [-0.05, 0) is 121 Å². The van der Waals surface area contributed by atoms with E-state index in [4.69, 9.17) is 27.7 Å². The fraction of sp³-hybridized carbons (Fsp3) is 0.667. The molecule has 72 heavy (non-hydrogen) atoms. The predicted octanol–water partition coefficient (Wildman–Crippen LogP) is 17.1. The first-order valence-corrected chi connectivity index (χ1v) is 44.1. The smallest absolute Gasteiger partial charge is 0.192 e. The molecule has 2 rings (SSSR count). The summed E-state index contributed by atoms with van der Waals surface area (Å²) in [5.41, 5.74) is 14.4. The van der Waals surface area contributed by atoms with Crippen molar-refractivity contribution < 1.29 is 17.7 Å². The summed E-state index contributed by atoms with van der Waals surface area (Å²) < 4.78 is 27.9. The Morgan fingerprint density at radius 1 is 0.389 bits per heavy atom. The van der Waals surface area contributed by atoms with Crippen molar-refractivity contribution in [1.82, 2.24) is 9.97 Å². The highest BCUT2D eigenvalue weighted by Gasteiger charge is 2.41. The van der Waals surface area contributed by atoms with Crippen LogP contribution in [0.15, 0.2) is 46.8 Å². The molecule has 0 aliphatic heterocycles. The van der Waals surface area contributed by atoms with E-state index in [1.54, 1.807) is 12.4 Å². The van der Waals surface area contributed by atoms with Crippen molar-refractivity contribution in [3.05, 3.63) is 57.9 Å². The minimum Gasteiger partial charge on any atom is -0.412 e. The molecule has 400 valence electrons. The third kappa shape index (κ3) is 17.8. The molecule has 0 radical (unpaired) electrons. The Morgan fingerprint density at radius 2 is 0.611 bits per heavy atom. The fourth-order valence-corrected chi connectivity index (χ4v) is 15.3. The zero-order valence-corrected chi connectivity index (χ0v) is 56.9. The highest BCUT2D eigenvalue weighted by molar-refractivity contribution is 6.87.